The minimum absolute atomic E-state index is 0.324. The van der Waals surface area contributed by atoms with Gasteiger partial charge in [0.05, 0.1) is 20.1 Å². The quantitative estimate of drug-likeness (QED) is 0.825. The van der Waals surface area contributed by atoms with E-state index >= 15 is 0 Å². The molecule has 100 valence electrons. The van der Waals surface area contributed by atoms with Crippen molar-refractivity contribution in [1.82, 2.24) is 0 Å². The second kappa shape index (κ2) is 7.16. The molecule has 0 heterocycles. The van der Waals surface area contributed by atoms with Crippen LogP contribution in [0.15, 0.2) is 18.2 Å². The van der Waals surface area contributed by atoms with Crippen molar-refractivity contribution in [1.29, 1.82) is 0 Å². The highest BCUT2D eigenvalue weighted by molar-refractivity contribution is 7.98. The minimum Gasteiger partial charge on any atom is -0.493 e. The Hall–Kier alpha value is -1.36. The van der Waals surface area contributed by atoms with Gasteiger partial charge in [0, 0.05) is 11.5 Å². The highest BCUT2D eigenvalue weighted by Crippen LogP contribution is 2.29. The summed E-state index contributed by atoms with van der Waals surface area (Å²) >= 11 is 1.60. The fraction of sp³-hybridized carbons (Fsp3) is 0.462. The number of hydrogen-bond acceptors (Lipinski definition) is 4. The van der Waals surface area contributed by atoms with Crippen molar-refractivity contribution >= 4 is 17.7 Å². The smallest absolute Gasteiger partial charge is 0.307 e. The zero-order valence-electron chi connectivity index (χ0n) is 10.8. The van der Waals surface area contributed by atoms with Crippen LogP contribution in [0.1, 0.15) is 12.5 Å². The number of aliphatic carboxylic acids is 1. The zero-order chi connectivity index (χ0) is 13.5. The van der Waals surface area contributed by atoms with E-state index in [4.69, 9.17) is 14.6 Å². The van der Waals surface area contributed by atoms with E-state index in [1.807, 2.05) is 18.2 Å². The highest BCUT2D eigenvalue weighted by Gasteiger charge is 2.11. The van der Waals surface area contributed by atoms with Gasteiger partial charge in [-0.05, 0) is 17.7 Å². The molecule has 1 unspecified atom stereocenters. The van der Waals surface area contributed by atoms with Crippen molar-refractivity contribution in [2.24, 2.45) is 5.92 Å². The molecule has 0 amide bonds. The molecule has 0 spiro atoms. The maximum absolute atomic E-state index is 10.7. The molecule has 0 aromatic heterocycles. The molecule has 0 aliphatic rings. The monoisotopic (exact) mass is 270 g/mol. The van der Waals surface area contributed by atoms with E-state index in [9.17, 15) is 4.79 Å². The Labute approximate surface area is 111 Å². The van der Waals surface area contributed by atoms with Crippen molar-refractivity contribution in [3.8, 4) is 11.5 Å². The third-order valence-corrected chi connectivity index (χ3v) is 3.78. The SMILES string of the molecule is COc1ccc(CSCC(C)C(=O)O)cc1OC. The van der Waals surface area contributed by atoms with Gasteiger partial charge in [0.15, 0.2) is 11.5 Å². The number of benzene rings is 1. The molecule has 0 radical (unpaired) electrons. The van der Waals surface area contributed by atoms with Crippen molar-refractivity contribution in [3.05, 3.63) is 23.8 Å². The van der Waals surface area contributed by atoms with Crippen molar-refractivity contribution in [2.45, 2.75) is 12.7 Å². The van der Waals surface area contributed by atoms with Crippen LogP contribution in [0, 0.1) is 5.92 Å². The molecule has 0 aliphatic carbocycles. The van der Waals surface area contributed by atoms with Crippen LogP contribution >= 0.6 is 11.8 Å². The lowest BCUT2D eigenvalue weighted by Crippen LogP contribution is -2.11. The third kappa shape index (κ3) is 4.14. The Bertz CT molecular complexity index is 406. The average molecular weight is 270 g/mol. The fourth-order valence-electron chi connectivity index (χ4n) is 1.40. The Balaban J connectivity index is 2.55. The molecule has 1 aromatic rings. The summed E-state index contributed by atoms with van der Waals surface area (Å²) in [6.07, 6.45) is 0. The maximum atomic E-state index is 10.7. The van der Waals surface area contributed by atoms with E-state index < -0.39 is 5.97 Å². The first-order valence-corrected chi connectivity index (χ1v) is 6.75. The second-order valence-corrected chi connectivity index (χ2v) is 4.97. The first-order chi connectivity index (χ1) is 8.58. The van der Waals surface area contributed by atoms with Crippen molar-refractivity contribution in [2.75, 3.05) is 20.0 Å². The Morgan fingerprint density at radius 1 is 1.33 bits per heavy atom. The molecule has 1 atom stereocenters. The van der Waals surface area contributed by atoms with Crippen LogP contribution in [0.25, 0.3) is 0 Å². The summed E-state index contributed by atoms with van der Waals surface area (Å²) in [6.45, 7) is 1.71. The Morgan fingerprint density at radius 2 is 2.00 bits per heavy atom. The topological polar surface area (TPSA) is 55.8 Å². The molecule has 0 saturated carbocycles. The normalized spacial score (nSPS) is 11.9. The number of rotatable bonds is 7. The van der Waals surface area contributed by atoms with Gasteiger partial charge in [-0.1, -0.05) is 13.0 Å². The number of ether oxygens (including phenoxy) is 2. The van der Waals surface area contributed by atoms with Crippen LogP contribution in [0.4, 0.5) is 0 Å². The Kier molecular flexibility index (Phi) is 5.85. The van der Waals surface area contributed by atoms with Crippen molar-refractivity contribution in [3.63, 3.8) is 0 Å². The number of carbonyl (C=O) groups is 1. The van der Waals surface area contributed by atoms with Gasteiger partial charge in [0.2, 0.25) is 0 Å². The molecule has 1 N–H and O–H groups in total. The number of thioether (sulfide) groups is 1. The number of carboxylic acids is 1. The highest BCUT2D eigenvalue weighted by atomic mass is 32.2. The van der Waals surface area contributed by atoms with E-state index in [2.05, 4.69) is 0 Å². The number of methoxy groups -OCH3 is 2. The summed E-state index contributed by atoms with van der Waals surface area (Å²) in [5, 5.41) is 8.78. The molecule has 1 rings (SSSR count). The van der Waals surface area contributed by atoms with Crippen LogP contribution in [-0.2, 0) is 10.5 Å². The molecule has 0 bridgehead atoms. The van der Waals surface area contributed by atoms with Crippen LogP contribution in [-0.4, -0.2) is 31.0 Å². The lowest BCUT2D eigenvalue weighted by molar-refractivity contribution is -0.140. The van der Waals surface area contributed by atoms with E-state index in [1.165, 1.54) is 0 Å². The van der Waals surface area contributed by atoms with Gasteiger partial charge in [-0.3, -0.25) is 4.79 Å². The first-order valence-electron chi connectivity index (χ1n) is 5.60. The minimum atomic E-state index is -0.755. The zero-order valence-corrected chi connectivity index (χ0v) is 11.6. The third-order valence-electron chi connectivity index (χ3n) is 2.51. The fourth-order valence-corrected chi connectivity index (χ4v) is 2.42. The van der Waals surface area contributed by atoms with Gasteiger partial charge in [-0.25, -0.2) is 0 Å². The molecular formula is C13H18O4S. The summed E-state index contributed by atoms with van der Waals surface area (Å²) < 4.78 is 10.4. The lowest BCUT2D eigenvalue weighted by Gasteiger charge is -2.10. The molecule has 0 saturated heterocycles. The van der Waals surface area contributed by atoms with Crippen LogP contribution in [0.3, 0.4) is 0 Å². The van der Waals surface area contributed by atoms with E-state index in [1.54, 1.807) is 32.9 Å². The van der Waals surface area contributed by atoms with Gasteiger partial charge in [-0.15, -0.1) is 0 Å². The molecule has 0 fully saturated rings. The van der Waals surface area contributed by atoms with Gasteiger partial charge < -0.3 is 14.6 Å². The van der Waals surface area contributed by atoms with E-state index in [-0.39, 0.29) is 5.92 Å². The summed E-state index contributed by atoms with van der Waals surface area (Å²) in [5.74, 6) is 1.68. The largest absolute Gasteiger partial charge is 0.493 e. The van der Waals surface area contributed by atoms with Crippen molar-refractivity contribution < 1.29 is 19.4 Å². The Morgan fingerprint density at radius 3 is 2.56 bits per heavy atom. The second-order valence-electron chi connectivity index (χ2n) is 3.94. The molecule has 18 heavy (non-hydrogen) atoms. The lowest BCUT2D eigenvalue weighted by atomic mass is 10.2. The summed E-state index contributed by atoms with van der Waals surface area (Å²) in [5.41, 5.74) is 1.09. The molecule has 4 nitrogen and oxygen atoms in total. The van der Waals surface area contributed by atoms with Gasteiger partial charge in [-0.2, -0.15) is 11.8 Å². The van der Waals surface area contributed by atoms with Crippen LogP contribution < -0.4 is 9.47 Å². The van der Waals surface area contributed by atoms with Gasteiger partial charge >= 0.3 is 5.97 Å². The molecule has 1 aromatic carbocycles. The predicted octanol–water partition coefficient (Wildman–Crippen LogP) is 2.66. The summed E-state index contributed by atoms with van der Waals surface area (Å²) in [6, 6.07) is 5.73. The van der Waals surface area contributed by atoms with Crippen LogP contribution in [0.2, 0.25) is 0 Å². The molecule has 5 heteroatoms. The predicted molar refractivity (Wildman–Crippen MR) is 72.5 cm³/mol. The molecule has 0 aliphatic heterocycles. The number of carboxylic acid groups (broad SMARTS) is 1. The first kappa shape index (κ1) is 14.7. The summed E-state index contributed by atoms with van der Waals surface area (Å²) in [7, 11) is 3.20. The average Bonchev–Trinajstić information content (AvgIpc) is 2.38. The maximum Gasteiger partial charge on any atom is 0.307 e. The van der Waals surface area contributed by atoms with Crippen LogP contribution in [0.5, 0.6) is 11.5 Å². The molecular weight excluding hydrogens is 252 g/mol. The standard InChI is InChI=1S/C13H18O4S/c1-9(13(14)15)7-18-8-10-4-5-11(16-2)12(6-10)17-3/h4-6,9H,7-8H2,1-3H3,(H,14,15). The van der Waals surface area contributed by atoms with E-state index in [0.717, 1.165) is 11.3 Å². The van der Waals surface area contributed by atoms with Gasteiger partial charge in [0.1, 0.15) is 0 Å². The van der Waals surface area contributed by atoms with E-state index in [0.29, 0.717) is 17.3 Å². The number of hydrogen-bond donors (Lipinski definition) is 1. The van der Waals surface area contributed by atoms with Gasteiger partial charge in [0.25, 0.3) is 0 Å². The summed E-state index contributed by atoms with van der Waals surface area (Å²) in [4.78, 5) is 10.7.